The fraction of sp³-hybridized carbons (Fsp3) is 0.0476. The maximum absolute atomic E-state index is 14.4. The summed E-state index contributed by atoms with van der Waals surface area (Å²) in [5, 5.41) is 0. The summed E-state index contributed by atoms with van der Waals surface area (Å²) in [5.41, 5.74) is 0.578. The molecule has 0 atom stereocenters. The molecule has 0 aliphatic carbocycles. The molecule has 0 saturated heterocycles. The Kier molecular flexibility index (Phi) is 6.81. The van der Waals surface area contributed by atoms with Gasteiger partial charge in [0, 0.05) is 23.3 Å². The topological polar surface area (TPSA) is 61.8 Å². The van der Waals surface area contributed by atoms with Gasteiger partial charge >= 0.3 is 11.9 Å². The maximum atomic E-state index is 14.4. The smallest absolute Gasteiger partial charge is 0.338 e. The van der Waals surface area contributed by atoms with Gasteiger partial charge in [0.15, 0.2) is 11.6 Å². The summed E-state index contributed by atoms with van der Waals surface area (Å²) in [6.45, 7) is 8.13. The molecule has 0 aromatic heterocycles. The lowest BCUT2D eigenvalue weighted by molar-refractivity contribution is -0.133. The van der Waals surface area contributed by atoms with Crippen molar-refractivity contribution in [1.29, 1.82) is 0 Å². The van der Waals surface area contributed by atoms with Crippen molar-refractivity contribution in [1.82, 2.24) is 0 Å². The van der Waals surface area contributed by atoms with E-state index in [4.69, 9.17) is 9.47 Å². The third-order valence-electron chi connectivity index (χ3n) is 3.34. The Hall–Kier alpha value is -3.74. The lowest BCUT2D eigenvalue weighted by Gasteiger charge is -2.08. The third-order valence-corrected chi connectivity index (χ3v) is 3.34. The van der Waals surface area contributed by atoms with Crippen molar-refractivity contribution in [2.45, 2.75) is 6.92 Å². The van der Waals surface area contributed by atoms with Crippen LogP contribution in [0.1, 0.15) is 6.92 Å². The number of halogens is 2. The van der Waals surface area contributed by atoms with E-state index in [0.29, 0.717) is 0 Å². The summed E-state index contributed by atoms with van der Waals surface area (Å²) < 4.78 is 43.0. The van der Waals surface area contributed by atoms with Gasteiger partial charge < -0.3 is 14.2 Å². The van der Waals surface area contributed by atoms with E-state index in [-0.39, 0.29) is 28.2 Å². The van der Waals surface area contributed by atoms with Gasteiger partial charge in [-0.2, -0.15) is 0 Å². The lowest BCUT2D eigenvalue weighted by atomic mass is 10.0. The van der Waals surface area contributed by atoms with Crippen LogP contribution < -0.4 is 9.47 Å². The van der Waals surface area contributed by atoms with Crippen molar-refractivity contribution >= 4 is 11.9 Å². The number of ether oxygens (including phenoxy) is 3. The summed E-state index contributed by atoms with van der Waals surface area (Å²) in [4.78, 5) is 22.3. The van der Waals surface area contributed by atoms with Crippen LogP contribution in [0, 0.1) is 11.6 Å². The quantitative estimate of drug-likeness (QED) is 0.299. The van der Waals surface area contributed by atoms with Gasteiger partial charge in [0.25, 0.3) is 0 Å². The summed E-state index contributed by atoms with van der Waals surface area (Å²) in [6, 6.07) is 7.60. The molecule has 0 unspecified atom stereocenters. The average molecular weight is 386 g/mol. The Morgan fingerprint density at radius 1 is 1.04 bits per heavy atom. The molecule has 2 aromatic carbocycles. The van der Waals surface area contributed by atoms with Gasteiger partial charge in [0.05, 0.1) is 0 Å². The molecule has 0 radical (unpaired) electrons. The Balaban J connectivity index is 2.11. The maximum Gasteiger partial charge on any atom is 0.338 e. The molecule has 0 spiro atoms. The van der Waals surface area contributed by atoms with Crippen molar-refractivity contribution in [3.05, 3.63) is 85.4 Å². The number of esters is 2. The molecule has 0 aliphatic rings. The van der Waals surface area contributed by atoms with Crippen molar-refractivity contribution in [3.63, 3.8) is 0 Å². The van der Waals surface area contributed by atoms with Crippen molar-refractivity contribution in [2.75, 3.05) is 0 Å². The molecule has 0 fully saturated rings. The van der Waals surface area contributed by atoms with Crippen LogP contribution in [-0.4, -0.2) is 11.9 Å². The van der Waals surface area contributed by atoms with Crippen LogP contribution in [0.4, 0.5) is 8.78 Å². The van der Waals surface area contributed by atoms with Gasteiger partial charge in [-0.05, 0) is 36.8 Å². The monoisotopic (exact) mass is 386 g/mol. The predicted molar refractivity (Wildman–Crippen MR) is 98.3 cm³/mol. The fourth-order valence-electron chi connectivity index (χ4n) is 2.00. The first-order chi connectivity index (χ1) is 13.3. The largest absolute Gasteiger partial charge is 0.462 e. The Bertz CT molecular complexity index is 963. The number of rotatable bonds is 7. The fourth-order valence-corrected chi connectivity index (χ4v) is 2.00. The minimum absolute atomic E-state index is 0.116. The second-order valence-electron chi connectivity index (χ2n) is 5.49. The first kappa shape index (κ1) is 20.6. The van der Waals surface area contributed by atoms with Gasteiger partial charge in [-0.15, -0.1) is 0 Å². The lowest BCUT2D eigenvalue weighted by Crippen LogP contribution is -2.04. The zero-order valence-corrected chi connectivity index (χ0v) is 14.9. The second kappa shape index (κ2) is 9.27. The van der Waals surface area contributed by atoms with E-state index in [9.17, 15) is 18.4 Å². The summed E-state index contributed by atoms with van der Waals surface area (Å²) in [6.07, 6.45) is 2.97. The Morgan fingerprint density at radius 2 is 1.79 bits per heavy atom. The molecular weight excluding hydrogens is 370 g/mol. The molecule has 0 amide bonds. The molecule has 0 bridgehead atoms. The number of carbonyl (C=O) groups is 2. The van der Waals surface area contributed by atoms with Crippen LogP contribution >= 0.6 is 0 Å². The van der Waals surface area contributed by atoms with Gasteiger partial charge in [-0.25, -0.2) is 18.4 Å². The number of hydrogen-bond acceptors (Lipinski definition) is 5. The minimum atomic E-state index is -0.824. The normalized spacial score (nSPS) is 10.4. The standard InChI is InChI=1S/C21H16F2O5/c1-4-20(24)28-19-8-5-14(11-18(19)23)16-7-6-15(12-17(16)22)26-9-10-27-21(25)13(2)3/h4-12H,1-2H2,3H3. The van der Waals surface area contributed by atoms with Crippen molar-refractivity contribution in [2.24, 2.45) is 0 Å². The van der Waals surface area contributed by atoms with E-state index in [1.807, 2.05) is 0 Å². The van der Waals surface area contributed by atoms with E-state index in [2.05, 4.69) is 17.9 Å². The SMILES string of the molecule is C=CC(=O)Oc1ccc(-c2ccc(OC=COC(=O)C(=C)C)cc2F)cc1F. The average Bonchev–Trinajstić information content (AvgIpc) is 2.66. The number of carbonyl (C=O) groups excluding carboxylic acids is 2. The molecule has 2 rings (SSSR count). The van der Waals surface area contributed by atoms with Crippen molar-refractivity contribution < 1.29 is 32.6 Å². The summed E-state index contributed by atoms with van der Waals surface area (Å²) in [5.74, 6) is -3.06. The summed E-state index contributed by atoms with van der Waals surface area (Å²) in [7, 11) is 0. The minimum Gasteiger partial charge on any atom is -0.462 e. The van der Waals surface area contributed by atoms with Crippen LogP contribution in [0.5, 0.6) is 11.5 Å². The number of hydrogen-bond donors (Lipinski definition) is 0. The summed E-state index contributed by atoms with van der Waals surface area (Å²) >= 11 is 0. The molecule has 0 aliphatic heterocycles. The molecular formula is C21H16F2O5. The first-order valence-electron chi connectivity index (χ1n) is 7.93. The van der Waals surface area contributed by atoms with Crippen molar-refractivity contribution in [3.8, 4) is 22.6 Å². The highest BCUT2D eigenvalue weighted by molar-refractivity contribution is 5.87. The van der Waals surface area contributed by atoms with Crippen LogP contribution in [0.3, 0.4) is 0 Å². The molecule has 28 heavy (non-hydrogen) atoms. The van der Waals surface area contributed by atoms with E-state index >= 15 is 0 Å². The van der Waals surface area contributed by atoms with E-state index in [1.165, 1.54) is 31.2 Å². The van der Waals surface area contributed by atoms with E-state index in [1.54, 1.807) is 0 Å². The molecule has 0 N–H and O–H groups in total. The van der Waals surface area contributed by atoms with E-state index in [0.717, 1.165) is 30.7 Å². The van der Waals surface area contributed by atoms with Gasteiger partial charge in [0.2, 0.25) is 0 Å². The Labute approximate surface area is 160 Å². The highest BCUT2D eigenvalue weighted by Crippen LogP contribution is 2.29. The highest BCUT2D eigenvalue weighted by Gasteiger charge is 2.12. The number of benzene rings is 2. The van der Waals surface area contributed by atoms with Crippen LogP contribution in [0.25, 0.3) is 11.1 Å². The van der Waals surface area contributed by atoms with Gasteiger partial charge in [0.1, 0.15) is 24.1 Å². The first-order valence-corrected chi connectivity index (χ1v) is 7.93. The molecule has 0 heterocycles. The van der Waals surface area contributed by atoms with Gasteiger partial charge in [-0.1, -0.05) is 19.2 Å². The molecule has 0 saturated carbocycles. The zero-order chi connectivity index (χ0) is 20.7. The Morgan fingerprint density at radius 3 is 2.39 bits per heavy atom. The molecule has 5 nitrogen and oxygen atoms in total. The highest BCUT2D eigenvalue weighted by atomic mass is 19.1. The van der Waals surface area contributed by atoms with Crippen LogP contribution in [0.2, 0.25) is 0 Å². The zero-order valence-electron chi connectivity index (χ0n) is 14.9. The molecule has 7 heteroatoms. The molecule has 2 aromatic rings. The molecule has 144 valence electrons. The van der Waals surface area contributed by atoms with Crippen LogP contribution in [0.15, 0.2) is 73.7 Å². The third kappa shape index (κ3) is 5.38. The van der Waals surface area contributed by atoms with Gasteiger partial charge in [-0.3, -0.25) is 0 Å². The van der Waals surface area contributed by atoms with E-state index < -0.39 is 23.6 Å². The van der Waals surface area contributed by atoms with Crippen LogP contribution in [-0.2, 0) is 14.3 Å². The second-order valence-corrected chi connectivity index (χ2v) is 5.49. The predicted octanol–water partition coefficient (Wildman–Crippen LogP) is 4.69.